The van der Waals surface area contributed by atoms with Crippen LogP contribution in [0.5, 0.6) is 0 Å². The zero-order chi connectivity index (χ0) is 13.2. The molecule has 0 bridgehead atoms. The molecular weight excluding hydrogens is 258 g/mol. The van der Waals surface area contributed by atoms with E-state index in [1.54, 1.807) is 12.3 Å². The van der Waals surface area contributed by atoms with Crippen molar-refractivity contribution in [3.63, 3.8) is 0 Å². The van der Waals surface area contributed by atoms with Crippen LogP contribution in [-0.2, 0) is 0 Å². The van der Waals surface area contributed by atoms with Crippen LogP contribution >= 0.6 is 12.2 Å². The Hall–Kier alpha value is -1.27. The number of thiocarbonyl (C=S) groups is 1. The number of aromatic nitrogens is 2. The van der Waals surface area contributed by atoms with Gasteiger partial charge in [0.2, 0.25) is 5.95 Å². The van der Waals surface area contributed by atoms with Crippen molar-refractivity contribution in [2.24, 2.45) is 5.73 Å². The minimum absolute atomic E-state index is 0.332. The van der Waals surface area contributed by atoms with Crippen LogP contribution in [0.3, 0.4) is 0 Å². The summed E-state index contributed by atoms with van der Waals surface area (Å²) in [5.74, 6) is 0.756. The van der Waals surface area contributed by atoms with E-state index in [2.05, 4.69) is 19.8 Å². The van der Waals surface area contributed by atoms with Gasteiger partial charge in [-0.05, 0) is 38.4 Å². The first-order chi connectivity index (χ1) is 9.24. The summed E-state index contributed by atoms with van der Waals surface area (Å²) in [5.41, 5.74) is 6.28. The van der Waals surface area contributed by atoms with Gasteiger partial charge in [-0.25, -0.2) is 9.97 Å². The van der Waals surface area contributed by atoms with Crippen LogP contribution < -0.4 is 10.6 Å². The number of nitrogens with zero attached hydrogens (tertiary/aromatic N) is 4. The quantitative estimate of drug-likeness (QED) is 0.824. The highest BCUT2D eigenvalue weighted by Gasteiger charge is 2.30. The second-order valence-corrected chi connectivity index (χ2v) is 5.68. The summed E-state index contributed by atoms with van der Waals surface area (Å²) < 4.78 is 0. The largest absolute Gasteiger partial charge is 0.388 e. The second-order valence-electron chi connectivity index (χ2n) is 5.24. The van der Waals surface area contributed by atoms with Gasteiger partial charge in [0.15, 0.2) is 0 Å². The molecule has 2 aliphatic rings. The maximum atomic E-state index is 5.62. The highest BCUT2D eigenvalue weighted by atomic mass is 32.1. The first-order valence-electron chi connectivity index (χ1n) is 6.86. The van der Waals surface area contributed by atoms with Crippen molar-refractivity contribution in [1.82, 2.24) is 14.9 Å². The summed E-state index contributed by atoms with van der Waals surface area (Å²) in [6.07, 6.45) is 5.61. The molecule has 0 aliphatic carbocycles. The molecule has 1 aromatic heterocycles. The molecule has 2 fully saturated rings. The van der Waals surface area contributed by atoms with Crippen LogP contribution in [-0.4, -0.2) is 52.1 Å². The molecule has 1 atom stereocenters. The van der Waals surface area contributed by atoms with Gasteiger partial charge in [-0.2, -0.15) is 0 Å². The van der Waals surface area contributed by atoms with E-state index in [0.717, 1.165) is 19.0 Å². The highest BCUT2D eigenvalue weighted by Crippen LogP contribution is 2.23. The van der Waals surface area contributed by atoms with Gasteiger partial charge in [0.05, 0.1) is 0 Å². The predicted octanol–water partition coefficient (Wildman–Crippen LogP) is 0.785. The second kappa shape index (κ2) is 5.38. The summed E-state index contributed by atoms with van der Waals surface area (Å²) in [5, 5.41) is 0. The van der Waals surface area contributed by atoms with E-state index >= 15 is 0 Å². The fourth-order valence-electron chi connectivity index (χ4n) is 2.97. The van der Waals surface area contributed by atoms with Crippen molar-refractivity contribution in [2.75, 3.05) is 31.1 Å². The summed E-state index contributed by atoms with van der Waals surface area (Å²) in [7, 11) is 0. The number of hydrogen-bond donors (Lipinski definition) is 1. The molecule has 1 aromatic rings. The number of anilines is 1. The van der Waals surface area contributed by atoms with Crippen molar-refractivity contribution in [1.29, 1.82) is 0 Å². The van der Waals surface area contributed by atoms with Crippen LogP contribution in [0.15, 0.2) is 12.3 Å². The number of nitrogens with two attached hydrogens (primary N) is 1. The zero-order valence-electron chi connectivity index (χ0n) is 11.0. The van der Waals surface area contributed by atoms with E-state index in [0.29, 0.717) is 16.7 Å². The molecule has 2 aliphatic heterocycles. The molecule has 2 saturated heterocycles. The lowest BCUT2D eigenvalue weighted by atomic mass is 10.2. The lowest BCUT2D eigenvalue weighted by molar-refractivity contribution is 0.260. The van der Waals surface area contributed by atoms with Crippen LogP contribution in [0.2, 0.25) is 0 Å². The van der Waals surface area contributed by atoms with E-state index in [9.17, 15) is 0 Å². The summed E-state index contributed by atoms with van der Waals surface area (Å²) in [6, 6.07) is 2.42. The van der Waals surface area contributed by atoms with E-state index < -0.39 is 0 Å². The topological polar surface area (TPSA) is 58.3 Å². The minimum atomic E-state index is 0.332. The number of hydrogen-bond acceptors (Lipinski definition) is 5. The number of rotatable bonds is 3. The Kier molecular flexibility index (Phi) is 3.61. The van der Waals surface area contributed by atoms with Crippen molar-refractivity contribution < 1.29 is 0 Å². The first kappa shape index (κ1) is 12.7. The molecule has 0 amide bonds. The standard InChI is InChI=1S/C13H19N5S/c14-12(19)11-3-5-15-13(16-11)18-8-4-10(9-18)17-6-1-2-7-17/h3,5,10H,1-2,4,6-9H2,(H2,14,19). The third-order valence-corrected chi connectivity index (χ3v) is 4.21. The molecule has 0 radical (unpaired) electrons. The van der Waals surface area contributed by atoms with Gasteiger partial charge in [0.25, 0.3) is 0 Å². The lowest BCUT2D eigenvalue weighted by Crippen LogP contribution is -2.35. The molecule has 3 rings (SSSR count). The van der Waals surface area contributed by atoms with Gasteiger partial charge >= 0.3 is 0 Å². The maximum absolute atomic E-state index is 5.62. The van der Waals surface area contributed by atoms with E-state index in [1.807, 2.05) is 0 Å². The third kappa shape index (κ3) is 2.69. The van der Waals surface area contributed by atoms with Crippen LogP contribution in [0, 0.1) is 0 Å². The number of likely N-dealkylation sites (tertiary alicyclic amines) is 1. The van der Waals surface area contributed by atoms with Crippen LogP contribution in [0.25, 0.3) is 0 Å². The van der Waals surface area contributed by atoms with E-state index in [1.165, 1.54) is 32.4 Å². The van der Waals surface area contributed by atoms with Gasteiger partial charge in [0.1, 0.15) is 10.7 Å². The monoisotopic (exact) mass is 277 g/mol. The fraction of sp³-hybridized carbons (Fsp3) is 0.615. The molecule has 102 valence electrons. The summed E-state index contributed by atoms with van der Waals surface area (Å²) in [4.78, 5) is 14.0. The molecule has 3 heterocycles. The lowest BCUT2D eigenvalue weighted by Gasteiger charge is -2.23. The Morgan fingerprint density at radius 1 is 1.32 bits per heavy atom. The summed E-state index contributed by atoms with van der Waals surface area (Å²) >= 11 is 4.97. The normalized spacial score (nSPS) is 24.0. The smallest absolute Gasteiger partial charge is 0.225 e. The molecule has 5 nitrogen and oxygen atoms in total. The third-order valence-electron chi connectivity index (χ3n) is 4.00. The van der Waals surface area contributed by atoms with Crippen LogP contribution in [0.1, 0.15) is 25.0 Å². The molecule has 0 spiro atoms. The molecule has 1 unspecified atom stereocenters. The predicted molar refractivity (Wildman–Crippen MR) is 79.3 cm³/mol. The van der Waals surface area contributed by atoms with Crippen molar-refractivity contribution >= 4 is 23.2 Å². The van der Waals surface area contributed by atoms with Crippen molar-refractivity contribution in [3.8, 4) is 0 Å². The minimum Gasteiger partial charge on any atom is -0.388 e. The summed E-state index contributed by atoms with van der Waals surface area (Å²) in [6.45, 7) is 4.52. The Bertz CT molecular complexity index is 472. The van der Waals surface area contributed by atoms with E-state index in [-0.39, 0.29) is 0 Å². The highest BCUT2D eigenvalue weighted by molar-refractivity contribution is 7.80. The van der Waals surface area contributed by atoms with Gasteiger partial charge in [-0.1, -0.05) is 12.2 Å². The molecule has 6 heteroatoms. The average Bonchev–Trinajstić information content (AvgIpc) is 3.09. The maximum Gasteiger partial charge on any atom is 0.225 e. The fourth-order valence-corrected chi connectivity index (χ4v) is 3.08. The molecular formula is C13H19N5S. The van der Waals surface area contributed by atoms with Gasteiger partial charge < -0.3 is 10.6 Å². The van der Waals surface area contributed by atoms with Gasteiger partial charge in [-0.3, -0.25) is 4.90 Å². The zero-order valence-corrected chi connectivity index (χ0v) is 11.8. The van der Waals surface area contributed by atoms with Gasteiger partial charge in [0, 0.05) is 25.3 Å². The first-order valence-corrected chi connectivity index (χ1v) is 7.27. The van der Waals surface area contributed by atoms with E-state index in [4.69, 9.17) is 18.0 Å². The average molecular weight is 277 g/mol. The van der Waals surface area contributed by atoms with Gasteiger partial charge in [-0.15, -0.1) is 0 Å². The molecule has 0 saturated carbocycles. The molecule has 19 heavy (non-hydrogen) atoms. The van der Waals surface area contributed by atoms with Crippen molar-refractivity contribution in [3.05, 3.63) is 18.0 Å². The Morgan fingerprint density at radius 3 is 2.84 bits per heavy atom. The Balaban J connectivity index is 1.70. The molecule has 2 N–H and O–H groups in total. The van der Waals surface area contributed by atoms with Crippen molar-refractivity contribution in [2.45, 2.75) is 25.3 Å². The van der Waals surface area contributed by atoms with Crippen LogP contribution in [0.4, 0.5) is 5.95 Å². The Morgan fingerprint density at radius 2 is 2.11 bits per heavy atom. The Labute approximate surface area is 118 Å². The molecule has 0 aromatic carbocycles. The SMILES string of the molecule is NC(=S)c1ccnc(N2CCC(N3CCCC3)C2)n1.